The highest BCUT2D eigenvalue weighted by molar-refractivity contribution is 5.70. The lowest BCUT2D eigenvalue weighted by Crippen LogP contribution is -2.40. The molecule has 0 radical (unpaired) electrons. The van der Waals surface area contributed by atoms with Crippen LogP contribution in [-0.4, -0.2) is 34.0 Å². The minimum Gasteiger partial charge on any atom is -0.378 e. The summed E-state index contributed by atoms with van der Waals surface area (Å²) >= 11 is 0. The van der Waals surface area contributed by atoms with Crippen molar-refractivity contribution < 1.29 is 4.92 Å². The molecule has 1 saturated heterocycles. The van der Waals surface area contributed by atoms with Gasteiger partial charge in [0.05, 0.1) is 4.92 Å². The predicted octanol–water partition coefficient (Wildman–Crippen LogP) is 3.19. The highest BCUT2D eigenvalue weighted by Gasteiger charge is 2.29. The van der Waals surface area contributed by atoms with Gasteiger partial charge in [-0.2, -0.15) is 9.97 Å². The SMILES string of the molecule is CC1CC(C)CN(c2nc(N)c([N+](=O)[O-])c(NC3CCCCC3)n2)C1. The third-order valence-corrected chi connectivity index (χ3v) is 5.18. The molecule has 3 rings (SSSR count). The number of aromatic nitrogens is 2. The molecule has 1 aromatic heterocycles. The van der Waals surface area contributed by atoms with E-state index in [1.54, 1.807) is 0 Å². The Morgan fingerprint density at radius 3 is 2.40 bits per heavy atom. The fourth-order valence-corrected chi connectivity index (χ4v) is 4.15. The molecule has 1 aromatic rings. The number of nitrogens with one attached hydrogen (secondary N) is 1. The van der Waals surface area contributed by atoms with Crippen molar-refractivity contribution in [3.63, 3.8) is 0 Å². The minimum absolute atomic E-state index is 0.0563. The van der Waals surface area contributed by atoms with Crippen LogP contribution in [0.1, 0.15) is 52.4 Å². The molecule has 138 valence electrons. The molecule has 8 nitrogen and oxygen atoms in total. The van der Waals surface area contributed by atoms with Gasteiger partial charge in [0.15, 0.2) is 0 Å². The van der Waals surface area contributed by atoms with Gasteiger partial charge >= 0.3 is 5.69 Å². The summed E-state index contributed by atoms with van der Waals surface area (Å²) in [5.41, 5.74) is 5.74. The smallest absolute Gasteiger partial charge is 0.353 e. The van der Waals surface area contributed by atoms with E-state index in [4.69, 9.17) is 5.73 Å². The number of nitro groups is 1. The molecule has 2 atom stereocenters. The van der Waals surface area contributed by atoms with Crippen molar-refractivity contribution in [3.8, 4) is 0 Å². The molecule has 0 aromatic carbocycles. The fraction of sp³-hybridized carbons (Fsp3) is 0.765. The molecular formula is C17H28N6O2. The highest BCUT2D eigenvalue weighted by atomic mass is 16.6. The maximum absolute atomic E-state index is 11.5. The molecule has 2 aliphatic rings. The first kappa shape index (κ1) is 17.7. The van der Waals surface area contributed by atoms with Gasteiger partial charge in [-0.1, -0.05) is 33.1 Å². The predicted molar refractivity (Wildman–Crippen MR) is 98.8 cm³/mol. The minimum atomic E-state index is -0.480. The lowest BCUT2D eigenvalue weighted by atomic mass is 9.92. The second kappa shape index (κ2) is 7.41. The molecule has 0 amide bonds. The summed E-state index contributed by atoms with van der Waals surface area (Å²) in [6.07, 6.45) is 6.69. The van der Waals surface area contributed by atoms with Gasteiger partial charge in [0, 0.05) is 19.1 Å². The summed E-state index contributed by atoms with van der Waals surface area (Å²) in [5.74, 6) is 1.79. The molecule has 2 heterocycles. The highest BCUT2D eigenvalue weighted by Crippen LogP contribution is 2.34. The number of anilines is 3. The Balaban J connectivity index is 1.90. The van der Waals surface area contributed by atoms with Gasteiger partial charge in [0.2, 0.25) is 17.6 Å². The average molecular weight is 348 g/mol. The molecule has 2 unspecified atom stereocenters. The second-order valence-corrected chi connectivity index (χ2v) is 7.69. The zero-order valence-corrected chi connectivity index (χ0v) is 15.1. The van der Waals surface area contributed by atoms with E-state index in [2.05, 4.69) is 34.0 Å². The Morgan fingerprint density at radius 1 is 1.16 bits per heavy atom. The maximum Gasteiger partial charge on any atom is 0.353 e. The summed E-state index contributed by atoms with van der Waals surface area (Å²) in [7, 11) is 0. The van der Waals surface area contributed by atoms with Crippen LogP contribution in [0.4, 0.5) is 23.3 Å². The van der Waals surface area contributed by atoms with Crippen LogP contribution >= 0.6 is 0 Å². The fourth-order valence-electron chi connectivity index (χ4n) is 4.15. The van der Waals surface area contributed by atoms with Gasteiger partial charge in [-0.25, -0.2) is 0 Å². The van der Waals surface area contributed by atoms with E-state index in [1.807, 2.05) is 0 Å². The number of piperidine rings is 1. The van der Waals surface area contributed by atoms with E-state index < -0.39 is 4.92 Å². The molecule has 3 N–H and O–H groups in total. The van der Waals surface area contributed by atoms with Gasteiger partial charge in [0.1, 0.15) is 0 Å². The molecule has 0 spiro atoms. The first-order chi connectivity index (χ1) is 11.9. The molecule has 1 saturated carbocycles. The second-order valence-electron chi connectivity index (χ2n) is 7.69. The van der Waals surface area contributed by atoms with E-state index >= 15 is 0 Å². The maximum atomic E-state index is 11.5. The number of nitrogens with two attached hydrogens (primary N) is 1. The van der Waals surface area contributed by atoms with Gasteiger partial charge in [-0.05, 0) is 31.1 Å². The standard InChI is InChI=1S/C17H28N6O2/c1-11-8-12(2)10-22(9-11)17-20-15(18)14(23(24)25)16(21-17)19-13-6-4-3-5-7-13/h11-13H,3-10H2,1-2H3,(H3,18,19,20,21). The Labute approximate surface area is 148 Å². The number of hydrogen-bond acceptors (Lipinski definition) is 7. The lowest BCUT2D eigenvalue weighted by molar-refractivity contribution is -0.383. The third kappa shape index (κ3) is 4.11. The number of rotatable bonds is 4. The Hall–Kier alpha value is -2.12. The Morgan fingerprint density at radius 2 is 1.80 bits per heavy atom. The summed E-state index contributed by atoms with van der Waals surface area (Å²) < 4.78 is 0. The zero-order valence-electron chi connectivity index (χ0n) is 15.1. The molecule has 25 heavy (non-hydrogen) atoms. The van der Waals surface area contributed by atoms with Gasteiger partial charge in [-0.3, -0.25) is 10.1 Å². The quantitative estimate of drug-likeness (QED) is 0.635. The normalized spacial score (nSPS) is 25.0. The van der Waals surface area contributed by atoms with Crippen molar-refractivity contribution in [1.29, 1.82) is 0 Å². The monoisotopic (exact) mass is 348 g/mol. The van der Waals surface area contributed by atoms with Crippen LogP contribution in [0.15, 0.2) is 0 Å². The third-order valence-electron chi connectivity index (χ3n) is 5.18. The molecule has 2 fully saturated rings. The van der Waals surface area contributed by atoms with Crippen molar-refractivity contribution in [2.45, 2.75) is 58.4 Å². The molecule has 0 bridgehead atoms. The van der Waals surface area contributed by atoms with Crippen molar-refractivity contribution in [2.24, 2.45) is 11.8 Å². The zero-order chi connectivity index (χ0) is 18.0. The summed E-state index contributed by atoms with van der Waals surface area (Å²) in [4.78, 5) is 21.9. The van der Waals surface area contributed by atoms with E-state index in [1.165, 1.54) is 12.8 Å². The van der Waals surface area contributed by atoms with Crippen molar-refractivity contribution in [2.75, 3.05) is 29.0 Å². The summed E-state index contributed by atoms with van der Waals surface area (Å²) in [5, 5.41) is 14.7. The van der Waals surface area contributed by atoms with Crippen LogP contribution in [0.3, 0.4) is 0 Å². The van der Waals surface area contributed by atoms with Crippen LogP contribution < -0.4 is 16.0 Å². The average Bonchev–Trinajstić information content (AvgIpc) is 2.54. The Kier molecular flexibility index (Phi) is 5.24. The van der Waals surface area contributed by atoms with Crippen LogP contribution in [-0.2, 0) is 0 Å². The van der Waals surface area contributed by atoms with Crippen LogP contribution in [0.2, 0.25) is 0 Å². The van der Waals surface area contributed by atoms with Crippen LogP contribution in [0, 0.1) is 22.0 Å². The molecule has 8 heteroatoms. The number of nitrogen functional groups attached to an aromatic ring is 1. The van der Waals surface area contributed by atoms with E-state index in [0.29, 0.717) is 17.8 Å². The van der Waals surface area contributed by atoms with Gasteiger partial charge in [-0.15, -0.1) is 0 Å². The molecule has 1 aliphatic carbocycles. The van der Waals surface area contributed by atoms with Crippen molar-refractivity contribution >= 4 is 23.3 Å². The van der Waals surface area contributed by atoms with Crippen molar-refractivity contribution in [1.82, 2.24) is 9.97 Å². The lowest BCUT2D eigenvalue weighted by Gasteiger charge is -2.35. The molecular weight excluding hydrogens is 320 g/mol. The van der Waals surface area contributed by atoms with Crippen LogP contribution in [0.25, 0.3) is 0 Å². The number of hydrogen-bond donors (Lipinski definition) is 2. The van der Waals surface area contributed by atoms with Crippen molar-refractivity contribution in [3.05, 3.63) is 10.1 Å². The molecule has 1 aliphatic heterocycles. The van der Waals surface area contributed by atoms with Gasteiger partial charge in [0.25, 0.3) is 0 Å². The first-order valence-corrected chi connectivity index (χ1v) is 9.27. The topological polar surface area (TPSA) is 110 Å². The van der Waals surface area contributed by atoms with Gasteiger partial charge < -0.3 is 16.0 Å². The Bertz CT molecular complexity index is 622. The van der Waals surface area contributed by atoms with Crippen LogP contribution in [0.5, 0.6) is 0 Å². The first-order valence-electron chi connectivity index (χ1n) is 9.27. The largest absolute Gasteiger partial charge is 0.378 e. The summed E-state index contributed by atoms with van der Waals surface area (Å²) in [6, 6.07) is 0.216. The van der Waals surface area contributed by atoms with E-state index in [9.17, 15) is 10.1 Å². The summed E-state index contributed by atoms with van der Waals surface area (Å²) in [6.45, 7) is 6.12. The number of nitrogens with zero attached hydrogens (tertiary/aromatic N) is 4. The van der Waals surface area contributed by atoms with E-state index in [0.717, 1.165) is 38.8 Å². The van der Waals surface area contributed by atoms with E-state index in [-0.39, 0.29) is 23.4 Å².